The van der Waals surface area contributed by atoms with Gasteiger partial charge in [-0.15, -0.1) is 10.2 Å². The topological polar surface area (TPSA) is 110 Å². The number of carboxylic acid groups (broad SMARTS) is 1. The number of aryl methyl sites for hydroxylation is 1. The molecule has 1 N–H and O–H groups in total. The minimum Gasteiger partial charge on any atom is -0.478 e. The molecule has 0 spiro atoms. The van der Waals surface area contributed by atoms with Crippen LogP contribution >= 0.6 is 11.3 Å². The van der Waals surface area contributed by atoms with Crippen LogP contribution in [0.25, 0.3) is 0 Å². The summed E-state index contributed by atoms with van der Waals surface area (Å²) in [6.07, 6.45) is 0. The lowest BCUT2D eigenvalue weighted by Gasteiger charge is -2.07. The van der Waals surface area contributed by atoms with Crippen molar-refractivity contribution in [1.82, 2.24) is 10.2 Å². The largest absolute Gasteiger partial charge is 0.478 e. The molecule has 0 radical (unpaired) electrons. The summed E-state index contributed by atoms with van der Waals surface area (Å²) in [5.74, 6) is -1.21. The molecule has 1 aliphatic rings. The van der Waals surface area contributed by atoms with Crippen LogP contribution in [-0.4, -0.2) is 33.1 Å². The van der Waals surface area contributed by atoms with Crippen LogP contribution in [0.4, 0.5) is 5.13 Å². The molecule has 2 amide bonds. The molecule has 2 heterocycles. The number of aromatic nitrogens is 2. The van der Waals surface area contributed by atoms with E-state index in [0.29, 0.717) is 16.5 Å². The minimum absolute atomic E-state index is 0.139. The number of imide groups is 1. The number of carbonyl (C=O) groups excluding carboxylic acids is 2. The van der Waals surface area contributed by atoms with Gasteiger partial charge in [0.05, 0.1) is 16.7 Å². The normalized spacial score (nSPS) is 13.0. The van der Waals surface area contributed by atoms with Crippen molar-refractivity contribution in [3.63, 3.8) is 0 Å². The highest BCUT2D eigenvalue weighted by Gasteiger charge is 2.38. The fourth-order valence-corrected chi connectivity index (χ4v) is 3.32. The van der Waals surface area contributed by atoms with Gasteiger partial charge in [-0.25, -0.2) is 9.69 Å². The van der Waals surface area contributed by atoms with Crippen LogP contribution in [0.3, 0.4) is 0 Å². The van der Waals surface area contributed by atoms with Gasteiger partial charge >= 0.3 is 5.97 Å². The van der Waals surface area contributed by atoms with Gasteiger partial charge in [0.25, 0.3) is 11.8 Å². The Morgan fingerprint density at radius 1 is 1.00 bits per heavy atom. The summed E-state index contributed by atoms with van der Waals surface area (Å²) >= 11 is 1.16. The highest BCUT2D eigenvalue weighted by Crippen LogP contribution is 2.33. The number of hydrogen-bond acceptors (Lipinski definition) is 7. The van der Waals surface area contributed by atoms with Crippen molar-refractivity contribution in [3.05, 3.63) is 64.2 Å². The number of aromatic carboxylic acids is 1. The maximum Gasteiger partial charge on any atom is 0.335 e. The second-order valence-corrected chi connectivity index (χ2v) is 6.85. The van der Waals surface area contributed by atoms with Crippen molar-refractivity contribution < 1.29 is 24.2 Å². The number of rotatable bonds is 4. The molecule has 27 heavy (non-hydrogen) atoms. The molecule has 134 valence electrons. The van der Waals surface area contributed by atoms with Gasteiger partial charge < -0.3 is 9.84 Å². The molecule has 2 aromatic carbocycles. The van der Waals surface area contributed by atoms with Crippen molar-refractivity contribution in [3.8, 4) is 11.5 Å². The van der Waals surface area contributed by atoms with E-state index in [1.165, 1.54) is 36.4 Å². The number of nitrogens with zero attached hydrogens (tertiary/aromatic N) is 3. The molecule has 3 aromatic rings. The zero-order chi connectivity index (χ0) is 19.1. The average molecular weight is 381 g/mol. The lowest BCUT2D eigenvalue weighted by Crippen LogP contribution is -2.29. The maximum atomic E-state index is 12.7. The van der Waals surface area contributed by atoms with Crippen molar-refractivity contribution in [1.29, 1.82) is 0 Å². The fourth-order valence-electron chi connectivity index (χ4n) is 2.64. The Labute approximate surface area is 156 Å². The predicted molar refractivity (Wildman–Crippen MR) is 95.7 cm³/mol. The molecule has 9 heteroatoms. The van der Waals surface area contributed by atoms with Gasteiger partial charge in [-0.3, -0.25) is 9.59 Å². The Kier molecular flexibility index (Phi) is 3.93. The summed E-state index contributed by atoms with van der Waals surface area (Å²) in [6.45, 7) is 1.74. The molecule has 0 bridgehead atoms. The van der Waals surface area contributed by atoms with Crippen molar-refractivity contribution in [2.24, 2.45) is 0 Å². The average Bonchev–Trinajstić information content (AvgIpc) is 3.17. The first-order valence-electron chi connectivity index (χ1n) is 7.78. The van der Waals surface area contributed by atoms with Crippen LogP contribution in [0.5, 0.6) is 11.5 Å². The van der Waals surface area contributed by atoms with E-state index in [1.54, 1.807) is 13.0 Å². The van der Waals surface area contributed by atoms with Gasteiger partial charge in [0, 0.05) is 0 Å². The molecule has 0 aliphatic carbocycles. The van der Waals surface area contributed by atoms with Crippen LogP contribution in [0.1, 0.15) is 36.1 Å². The van der Waals surface area contributed by atoms with E-state index < -0.39 is 17.8 Å². The summed E-state index contributed by atoms with van der Waals surface area (Å²) in [4.78, 5) is 37.1. The van der Waals surface area contributed by atoms with E-state index >= 15 is 0 Å². The minimum atomic E-state index is -1.03. The summed E-state index contributed by atoms with van der Waals surface area (Å²) in [6, 6.07) is 10.4. The van der Waals surface area contributed by atoms with Gasteiger partial charge in [0.2, 0.25) is 5.13 Å². The Bertz CT molecular complexity index is 1090. The first-order chi connectivity index (χ1) is 12.9. The van der Waals surface area contributed by atoms with Crippen molar-refractivity contribution >= 4 is 34.3 Å². The zero-order valence-corrected chi connectivity index (χ0v) is 14.7. The van der Waals surface area contributed by atoms with Crippen LogP contribution in [0, 0.1) is 6.92 Å². The molecule has 8 nitrogen and oxygen atoms in total. The molecular weight excluding hydrogens is 370 g/mol. The second-order valence-electron chi connectivity index (χ2n) is 5.69. The quantitative estimate of drug-likeness (QED) is 0.691. The van der Waals surface area contributed by atoms with E-state index in [0.717, 1.165) is 16.2 Å². The van der Waals surface area contributed by atoms with Gasteiger partial charge in [0.1, 0.15) is 16.5 Å². The Morgan fingerprint density at radius 2 is 1.67 bits per heavy atom. The monoisotopic (exact) mass is 381 g/mol. The number of fused-ring (bicyclic) bond motifs is 1. The van der Waals surface area contributed by atoms with E-state index in [9.17, 15) is 14.4 Å². The number of hydrogen-bond donors (Lipinski definition) is 1. The van der Waals surface area contributed by atoms with Crippen LogP contribution in [0.15, 0.2) is 42.5 Å². The van der Waals surface area contributed by atoms with Crippen LogP contribution < -0.4 is 9.64 Å². The molecule has 4 rings (SSSR count). The zero-order valence-electron chi connectivity index (χ0n) is 13.9. The van der Waals surface area contributed by atoms with Crippen molar-refractivity contribution in [2.75, 3.05) is 4.90 Å². The fraction of sp³-hybridized carbons (Fsp3) is 0.0556. The Balaban J connectivity index is 1.62. The van der Waals surface area contributed by atoms with Gasteiger partial charge in [-0.05, 0) is 49.4 Å². The van der Waals surface area contributed by atoms with E-state index in [4.69, 9.17) is 9.84 Å². The second kappa shape index (κ2) is 6.29. The molecule has 0 atom stereocenters. The van der Waals surface area contributed by atoms with E-state index in [-0.39, 0.29) is 21.8 Å². The molecule has 1 aliphatic heterocycles. The van der Waals surface area contributed by atoms with Gasteiger partial charge in [-0.2, -0.15) is 0 Å². The Morgan fingerprint density at radius 3 is 2.30 bits per heavy atom. The number of anilines is 1. The smallest absolute Gasteiger partial charge is 0.335 e. The summed E-state index contributed by atoms with van der Waals surface area (Å²) in [5, 5.41) is 17.5. The highest BCUT2D eigenvalue weighted by atomic mass is 32.1. The Hall–Kier alpha value is -3.59. The SMILES string of the molecule is Cc1nnc(N2C(=O)c3ccc(Oc4ccc(C(=O)O)cc4)cc3C2=O)s1. The van der Waals surface area contributed by atoms with Crippen LogP contribution in [-0.2, 0) is 0 Å². The summed E-state index contributed by atoms with van der Waals surface area (Å²) in [7, 11) is 0. The third-order valence-electron chi connectivity index (χ3n) is 3.90. The van der Waals surface area contributed by atoms with E-state index in [1.807, 2.05) is 0 Å². The maximum absolute atomic E-state index is 12.7. The number of carbonyl (C=O) groups is 3. The molecule has 0 unspecified atom stereocenters. The van der Waals surface area contributed by atoms with Crippen LogP contribution in [0.2, 0.25) is 0 Å². The number of benzene rings is 2. The standard InChI is InChI=1S/C18H11N3O5S/c1-9-19-20-18(27-9)21-15(22)13-7-6-12(8-14(13)16(21)23)26-11-4-2-10(3-5-11)17(24)25/h2-8H,1H3,(H,24,25). The lowest BCUT2D eigenvalue weighted by molar-refractivity contribution is 0.0696. The third kappa shape index (κ3) is 2.93. The summed E-state index contributed by atoms with van der Waals surface area (Å²) in [5.41, 5.74) is 0.619. The van der Waals surface area contributed by atoms with Gasteiger partial charge in [-0.1, -0.05) is 11.3 Å². The summed E-state index contributed by atoms with van der Waals surface area (Å²) < 4.78 is 5.67. The number of amides is 2. The number of ether oxygens (including phenoxy) is 1. The third-order valence-corrected chi connectivity index (χ3v) is 4.73. The van der Waals surface area contributed by atoms with Gasteiger partial charge in [0.15, 0.2) is 0 Å². The molecule has 0 saturated carbocycles. The highest BCUT2D eigenvalue weighted by molar-refractivity contribution is 7.15. The first-order valence-corrected chi connectivity index (χ1v) is 8.60. The molecule has 0 fully saturated rings. The predicted octanol–water partition coefficient (Wildman–Crippen LogP) is 3.14. The molecule has 0 saturated heterocycles. The first kappa shape index (κ1) is 16.9. The van der Waals surface area contributed by atoms with Crippen molar-refractivity contribution in [2.45, 2.75) is 6.92 Å². The van der Waals surface area contributed by atoms with E-state index in [2.05, 4.69) is 10.2 Å². The lowest BCUT2D eigenvalue weighted by atomic mass is 10.1. The molecule has 1 aromatic heterocycles. The molecular formula is C18H11N3O5S. The number of carboxylic acids is 1.